The van der Waals surface area contributed by atoms with Crippen LogP contribution in [0.3, 0.4) is 0 Å². The molecular formula is C24H25ClN6O2. The molecule has 0 aliphatic rings. The maximum atomic E-state index is 12.7. The number of benzene rings is 1. The third-order valence-corrected chi connectivity index (χ3v) is 5.96. The minimum Gasteiger partial charge on any atom is -0.341 e. The van der Waals surface area contributed by atoms with Gasteiger partial charge in [0.1, 0.15) is 0 Å². The predicted molar refractivity (Wildman–Crippen MR) is 125 cm³/mol. The van der Waals surface area contributed by atoms with Gasteiger partial charge in [-0.3, -0.25) is 14.5 Å². The molecule has 4 aromatic rings. The molecule has 1 aromatic carbocycles. The minimum atomic E-state index is -0.00341. The van der Waals surface area contributed by atoms with E-state index in [1.165, 1.54) is 0 Å². The summed E-state index contributed by atoms with van der Waals surface area (Å²) < 4.78 is 7.23. The number of aryl methyl sites for hydroxylation is 2. The molecule has 9 heteroatoms. The van der Waals surface area contributed by atoms with Crippen molar-refractivity contribution in [3.8, 4) is 11.4 Å². The Morgan fingerprint density at radius 2 is 1.91 bits per heavy atom. The zero-order chi connectivity index (χ0) is 23.4. The van der Waals surface area contributed by atoms with Crippen molar-refractivity contribution in [3.05, 3.63) is 82.2 Å². The summed E-state index contributed by atoms with van der Waals surface area (Å²) in [5, 5.41) is 9.37. The van der Waals surface area contributed by atoms with E-state index in [4.69, 9.17) is 16.1 Å². The van der Waals surface area contributed by atoms with Crippen LogP contribution < -0.4 is 0 Å². The van der Waals surface area contributed by atoms with Crippen LogP contribution in [0.4, 0.5) is 0 Å². The normalized spacial score (nSPS) is 11.0. The van der Waals surface area contributed by atoms with Gasteiger partial charge in [-0.1, -0.05) is 35.0 Å². The van der Waals surface area contributed by atoms with E-state index < -0.39 is 0 Å². The lowest BCUT2D eigenvalue weighted by Gasteiger charge is -2.17. The third kappa shape index (κ3) is 5.28. The van der Waals surface area contributed by atoms with E-state index in [0.717, 1.165) is 28.1 Å². The molecule has 0 spiro atoms. The minimum absolute atomic E-state index is 0.00341. The molecule has 3 aromatic heterocycles. The molecule has 0 aliphatic heterocycles. The first-order valence-corrected chi connectivity index (χ1v) is 11.0. The van der Waals surface area contributed by atoms with Gasteiger partial charge < -0.3 is 9.42 Å². The highest BCUT2D eigenvalue weighted by atomic mass is 35.5. The molecule has 8 nitrogen and oxygen atoms in total. The number of nitrogens with zero attached hydrogens (tertiary/aromatic N) is 6. The molecule has 0 N–H and O–H groups in total. The number of hydrogen-bond acceptors (Lipinski definition) is 6. The van der Waals surface area contributed by atoms with Crippen molar-refractivity contribution in [3.63, 3.8) is 0 Å². The Morgan fingerprint density at radius 1 is 1.15 bits per heavy atom. The maximum absolute atomic E-state index is 12.7. The van der Waals surface area contributed by atoms with Gasteiger partial charge in [0.25, 0.3) is 0 Å². The molecule has 0 bridgehead atoms. The van der Waals surface area contributed by atoms with Crippen LogP contribution in [0.5, 0.6) is 0 Å². The van der Waals surface area contributed by atoms with Crippen molar-refractivity contribution in [2.75, 3.05) is 7.05 Å². The maximum Gasteiger partial charge on any atom is 0.227 e. The smallest absolute Gasteiger partial charge is 0.227 e. The van der Waals surface area contributed by atoms with Crippen molar-refractivity contribution in [2.45, 2.75) is 39.8 Å². The summed E-state index contributed by atoms with van der Waals surface area (Å²) in [6, 6.07) is 11.4. The fourth-order valence-corrected chi connectivity index (χ4v) is 3.80. The SMILES string of the molecule is Cc1nn(Cc2ccccc2Cl)c(C)c1CN(C)C(=O)CCc1nc(-c2ccncc2)no1. The van der Waals surface area contributed by atoms with Crippen LogP contribution in [0.15, 0.2) is 53.3 Å². The van der Waals surface area contributed by atoms with Gasteiger partial charge in [-0.05, 0) is 37.6 Å². The summed E-state index contributed by atoms with van der Waals surface area (Å²) in [4.78, 5) is 22.8. The molecule has 0 fully saturated rings. The molecule has 0 saturated carbocycles. The van der Waals surface area contributed by atoms with Gasteiger partial charge in [-0.2, -0.15) is 10.1 Å². The first kappa shape index (κ1) is 22.7. The van der Waals surface area contributed by atoms with E-state index in [1.807, 2.05) is 54.9 Å². The monoisotopic (exact) mass is 464 g/mol. The molecule has 33 heavy (non-hydrogen) atoms. The predicted octanol–water partition coefficient (Wildman–Crippen LogP) is 4.24. The van der Waals surface area contributed by atoms with Gasteiger partial charge in [-0.15, -0.1) is 0 Å². The standard InChI is InChI=1S/C24H25ClN6O2/c1-16-20(17(2)31(28-16)14-19-6-4-5-7-21(19)25)15-30(3)23(32)9-8-22-27-24(29-33-22)18-10-12-26-13-11-18/h4-7,10-13H,8-9,14-15H2,1-3H3. The van der Waals surface area contributed by atoms with Gasteiger partial charge >= 0.3 is 0 Å². The van der Waals surface area contributed by atoms with E-state index in [1.54, 1.807) is 24.3 Å². The molecule has 4 rings (SSSR count). The average Bonchev–Trinajstić information content (AvgIpc) is 3.40. The van der Waals surface area contributed by atoms with Crippen molar-refractivity contribution in [2.24, 2.45) is 0 Å². The lowest BCUT2D eigenvalue weighted by atomic mass is 10.1. The molecule has 3 heterocycles. The fourth-order valence-electron chi connectivity index (χ4n) is 3.61. The lowest BCUT2D eigenvalue weighted by molar-refractivity contribution is -0.130. The van der Waals surface area contributed by atoms with Crippen LogP contribution >= 0.6 is 11.6 Å². The molecule has 0 aliphatic carbocycles. The number of aromatic nitrogens is 5. The molecular weight excluding hydrogens is 440 g/mol. The largest absolute Gasteiger partial charge is 0.341 e. The Kier molecular flexibility index (Phi) is 6.84. The van der Waals surface area contributed by atoms with Crippen LogP contribution in [-0.4, -0.2) is 42.8 Å². The van der Waals surface area contributed by atoms with Crippen LogP contribution in [0.1, 0.15) is 34.8 Å². The molecule has 0 radical (unpaired) electrons. The number of carbonyl (C=O) groups excluding carboxylic acids is 1. The number of carbonyl (C=O) groups is 1. The summed E-state index contributed by atoms with van der Waals surface area (Å²) >= 11 is 6.31. The van der Waals surface area contributed by atoms with E-state index in [9.17, 15) is 4.79 Å². The molecule has 1 amide bonds. The zero-order valence-corrected chi connectivity index (χ0v) is 19.6. The van der Waals surface area contributed by atoms with Gasteiger partial charge in [0.2, 0.25) is 17.6 Å². The second kappa shape index (κ2) is 9.95. The van der Waals surface area contributed by atoms with Gasteiger partial charge in [0.05, 0.1) is 12.2 Å². The topological polar surface area (TPSA) is 89.9 Å². The van der Waals surface area contributed by atoms with Crippen molar-refractivity contribution >= 4 is 17.5 Å². The fraction of sp³-hybridized carbons (Fsp3) is 0.292. The lowest BCUT2D eigenvalue weighted by Crippen LogP contribution is -2.27. The first-order valence-electron chi connectivity index (χ1n) is 10.7. The highest BCUT2D eigenvalue weighted by Gasteiger charge is 2.18. The Balaban J connectivity index is 1.37. The number of rotatable bonds is 8. The van der Waals surface area contributed by atoms with Crippen LogP contribution in [0.25, 0.3) is 11.4 Å². The summed E-state index contributed by atoms with van der Waals surface area (Å²) in [5.74, 6) is 0.921. The Morgan fingerprint density at radius 3 is 2.67 bits per heavy atom. The van der Waals surface area contributed by atoms with Gasteiger partial charge in [0, 0.05) is 60.7 Å². The van der Waals surface area contributed by atoms with Crippen molar-refractivity contribution < 1.29 is 9.32 Å². The molecule has 0 saturated heterocycles. The second-order valence-corrected chi connectivity index (χ2v) is 8.30. The summed E-state index contributed by atoms with van der Waals surface area (Å²) in [6.45, 7) is 5.04. The average molecular weight is 465 g/mol. The summed E-state index contributed by atoms with van der Waals surface area (Å²) in [7, 11) is 1.79. The number of pyridine rings is 1. The van der Waals surface area contributed by atoms with Crippen LogP contribution in [-0.2, 0) is 24.3 Å². The second-order valence-electron chi connectivity index (χ2n) is 7.90. The van der Waals surface area contributed by atoms with Crippen LogP contribution in [0.2, 0.25) is 5.02 Å². The number of hydrogen-bond donors (Lipinski definition) is 0. The van der Waals surface area contributed by atoms with Crippen molar-refractivity contribution in [1.82, 2.24) is 29.8 Å². The van der Waals surface area contributed by atoms with Gasteiger partial charge in [0.15, 0.2) is 0 Å². The van der Waals surface area contributed by atoms with E-state index in [-0.39, 0.29) is 12.3 Å². The van der Waals surface area contributed by atoms with E-state index >= 15 is 0 Å². The van der Waals surface area contributed by atoms with E-state index in [2.05, 4.69) is 20.2 Å². The number of halogens is 1. The van der Waals surface area contributed by atoms with Gasteiger partial charge in [-0.25, -0.2) is 0 Å². The van der Waals surface area contributed by atoms with Crippen LogP contribution in [0, 0.1) is 13.8 Å². The van der Waals surface area contributed by atoms with E-state index in [0.29, 0.717) is 36.2 Å². The zero-order valence-electron chi connectivity index (χ0n) is 18.8. The highest BCUT2D eigenvalue weighted by molar-refractivity contribution is 6.31. The third-order valence-electron chi connectivity index (χ3n) is 5.59. The highest BCUT2D eigenvalue weighted by Crippen LogP contribution is 2.21. The first-order chi connectivity index (χ1) is 15.9. The molecule has 0 unspecified atom stereocenters. The summed E-state index contributed by atoms with van der Waals surface area (Å²) in [6.07, 6.45) is 4.00. The molecule has 170 valence electrons. The number of amides is 1. The Labute approximate surface area is 197 Å². The van der Waals surface area contributed by atoms with Crippen molar-refractivity contribution in [1.29, 1.82) is 0 Å². The Bertz CT molecular complexity index is 1250. The summed E-state index contributed by atoms with van der Waals surface area (Å²) in [5.41, 5.74) is 4.79. The molecule has 0 atom stereocenters. The quantitative estimate of drug-likeness (QED) is 0.387. The Hall–Kier alpha value is -3.52.